The van der Waals surface area contributed by atoms with E-state index in [0.29, 0.717) is 0 Å². The number of rotatable bonds is 9. The molecular formula is C22H28N4S. The van der Waals surface area contributed by atoms with Gasteiger partial charge >= 0.3 is 0 Å². The third-order valence-electron chi connectivity index (χ3n) is 4.83. The lowest BCUT2D eigenvalue weighted by Crippen LogP contribution is -2.35. The van der Waals surface area contributed by atoms with E-state index >= 15 is 0 Å². The topological polar surface area (TPSA) is 32.3 Å². The molecule has 1 aromatic carbocycles. The first-order valence-corrected chi connectivity index (χ1v) is 10.5. The Labute approximate surface area is 166 Å². The van der Waals surface area contributed by atoms with Gasteiger partial charge in [0, 0.05) is 43.3 Å². The summed E-state index contributed by atoms with van der Waals surface area (Å²) in [6.07, 6.45) is 3.83. The van der Waals surface area contributed by atoms with E-state index in [-0.39, 0.29) is 0 Å². The third kappa shape index (κ3) is 5.15. The number of benzene rings is 1. The monoisotopic (exact) mass is 380 g/mol. The number of thiazole rings is 1. The van der Waals surface area contributed by atoms with Crippen LogP contribution in [-0.4, -0.2) is 41.0 Å². The van der Waals surface area contributed by atoms with Crippen molar-refractivity contribution in [2.45, 2.75) is 27.3 Å². The van der Waals surface area contributed by atoms with Crippen LogP contribution < -0.4 is 4.90 Å². The van der Waals surface area contributed by atoms with Crippen LogP contribution in [0.15, 0.2) is 54.2 Å². The Morgan fingerprint density at radius 3 is 2.52 bits per heavy atom. The van der Waals surface area contributed by atoms with Crippen LogP contribution in [0.3, 0.4) is 0 Å². The van der Waals surface area contributed by atoms with E-state index in [1.807, 2.05) is 18.5 Å². The Hall–Kier alpha value is -2.24. The van der Waals surface area contributed by atoms with Crippen LogP contribution in [-0.2, 0) is 6.54 Å². The highest BCUT2D eigenvalue weighted by Gasteiger charge is 2.12. The number of aryl methyl sites for hydroxylation is 1. The van der Waals surface area contributed by atoms with Crippen molar-refractivity contribution in [1.82, 2.24) is 14.9 Å². The van der Waals surface area contributed by atoms with Crippen LogP contribution in [0.2, 0.25) is 0 Å². The minimum absolute atomic E-state index is 0.892. The number of anilines is 1. The molecule has 0 atom stereocenters. The summed E-state index contributed by atoms with van der Waals surface area (Å²) >= 11 is 1.73. The molecule has 3 rings (SSSR count). The zero-order valence-electron chi connectivity index (χ0n) is 16.4. The summed E-state index contributed by atoms with van der Waals surface area (Å²) in [5, 5.41) is 3.29. The van der Waals surface area contributed by atoms with Gasteiger partial charge in [0.1, 0.15) is 5.01 Å². The van der Waals surface area contributed by atoms with Gasteiger partial charge in [0.15, 0.2) is 0 Å². The molecule has 0 unspecified atom stereocenters. The van der Waals surface area contributed by atoms with Gasteiger partial charge in [-0.15, -0.1) is 11.3 Å². The SMILES string of the molecule is CCN(CCN(CC)c1cnccc1C)Cc1csc(-c2ccccc2)n1. The summed E-state index contributed by atoms with van der Waals surface area (Å²) < 4.78 is 0. The molecule has 27 heavy (non-hydrogen) atoms. The van der Waals surface area contributed by atoms with Crippen molar-refractivity contribution >= 4 is 17.0 Å². The Morgan fingerprint density at radius 2 is 1.81 bits per heavy atom. The Kier molecular flexibility index (Phi) is 6.96. The van der Waals surface area contributed by atoms with Gasteiger partial charge < -0.3 is 4.90 Å². The van der Waals surface area contributed by atoms with E-state index in [9.17, 15) is 0 Å². The first-order chi connectivity index (χ1) is 13.2. The summed E-state index contributed by atoms with van der Waals surface area (Å²) in [6, 6.07) is 12.5. The molecule has 4 nitrogen and oxygen atoms in total. The van der Waals surface area contributed by atoms with E-state index in [1.54, 1.807) is 11.3 Å². The molecule has 3 aromatic rings. The summed E-state index contributed by atoms with van der Waals surface area (Å²) in [7, 11) is 0. The fourth-order valence-electron chi connectivity index (χ4n) is 3.17. The Balaban J connectivity index is 1.61. The molecule has 0 saturated carbocycles. The lowest BCUT2D eigenvalue weighted by molar-refractivity contribution is 0.283. The zero-order chi connectivity index (χ0) is 19.1. The van der Waals surface area contributed by atoms with Crippen LogP contribution in [0.5, 0.6) is 0 Å². The van der Waals surface area contributed by atoms with Gasteiger partial charge in [-0.25, -0.2) is 4.98 Å². The van der Waals surface area contributed by atoms with Crippen molar-refractivity contribution in [3.63, 3.8) is 0 Å². The van der Waals surface area contributed by atoms with E-state index in [0.717, 1.165) is 43.4 Å². The van der Waals surface area contributed by atoms with Crippen molar-refractivity contribution in [3.05, 3.63) is 65.4 Å². The summed E-state index contributed by atoms with van der Waals surface area (Å²) in [5.74, 6) is 0. The number of hydrogen-bond acceptors (Lipinski definition) is 5. The lowest BCUT2D eigenvalue weighted by Gasteiger charge is -2.28. The van der Waals surface area contributed by atoms with Crippen LogP contribution in [0.25, 0.3) is 10.6 Å². The van der Waals surface area contributed by atoms with Gasteiger partial charge in [0.2, 0.25) is 0 Å². The van der Waals surface area contributed by atoms with Crippen LogP contribution in [0.1, 0.15) is 25.1 Å². The minimum atomic E-state index is 0.892. The van der Waals surface area contributed by atoms with Gasteiger partial charge in [-0.2, -0.15) is 0 Å². The van der Waals surface area contributed by atoms with Crippen molar-refractivity contribution in [3.8, 4) is 10.6 Å². The van der Waals surface area contributed by atoms with Crippen LogP contribution in [0, 0.1) is 6.92 Å². The fourth-order valence-corrected chi connectivity index (χ4v) is 3.99. The second-order valence-corrected chi connectivity index (χ2v) is 7.48. The van der Waals surface area contributed by atoms with E-state index in [4.69, 9.17) is 4.98 Å². The van der Waals surface area contributed by atoms with Gasteiger partial charge in [-0.1, -0.05) is 37.3 Å². The number of hydrogen-bond donors (Lipinski definition) is 0. The molecule has 0 amide bonds. The van der Waals surface area contributed by atoms with Gasteiger partial charge in [-0.05, 0) is 32.0 Å². The molecule has 0 aliphatic heterocycles. The average molecular weight is 381 g/mol. The summed E-state index contributed by atoms with van der Waals surface area (Å²) in [4.78, 5) is 14.0. The standard InChI is InChI=1S/C22H28N4S/c1-4-25(13-14-26(5-2)21-15-23-12-11-18(21)3)16-20-17-27-22(24-20)19-9-7-6-8-10-19/h6-12,15,17H,4-5,13-14,16H2,1-3H3. The molecule has 2 aromatic heterocycles. The normalized spacial score (nSPS) is 11.1. The molecule has 0 bridgehead atoms. The zero-order valence-corrected chi connectivity index (χ0v) is 17.2. The molecule has 0 spiro atoms. The predicted octanol–water partition coefficient (Wildman–Crippen LogP) is 4.86. The van der Waals surface area contributed by atoms with Crippen molar-refractivity contribution < 1.29 is 0 Å². The van der Waals surface area contributed by atoms with E-state index < -0.39 is 0 Å². The maximum Gasteiger partial charge on any atom is 0.123 e. The van der Waals surface area contributed by atoms with Gasteiger partial charge in [0.05, 0.1) is 17.6 Å². The molecular weight excluding hydrogens is 352 g/mol. The molecule has 0 aliphatic rings. The van der Waals surface area contributed by atoms with Crippen LogP contribution in [0.4, 0.5) is 5.69 Å². The van der Waals surface area contributed by atoms with Crippen LogP contribution >= 0.6 is 11.3 Å². The van der Waals surface area contributed by atoms with Crippen molar-refractivity contribution in [1.29, 1.82) is 0 Å². The molecule has 0 fully saturated rings. The average Bonchev–Trinajstić information content (AvgIpc) is 3.18. The highest BCUT2D eigenvalue weighted by atomic mass is 32.1. The molecule has 2 heterocycles. The number of pyridine rings is 1. The highest BCUT2D eigenvalue weighted by molar-refractivity contribution is 7.13. The number of aromatic nitrogens is 2. The van der Waals surface area contributed by atoms with E-state index in [2.05, 4.69) is 71.3 Å². The largest absolute Gasteiger partial charge is 0.369 e. The van der Waals surface area contributed by atoms with Crippen molar-refractivity contribution in [2.75, 3.05) is 31.1 Å². The highest BCUT2D eigenvalue weighted by Crippen LogP contribution is 2.24. The molecule has 0 aliphatic carbocycles. The lowest BCUT2D eigenvalue weighted by atomic mass is 10.2. The Bertz CT molecular complexity index is 831. The maximum absolute atomic E-state index is 4.84. The quantitative estimate of drug-likeness (QED) is 0.530. The molecule has 142 valence electrons. The minimum Gasteiger partial charge on any atom is -0.369 e. The van der Waals surface area contributed by atoms with E-state index in [1.165, 1.54) is 16.8 Å². The fraction of sp³-hybridized carbons (Fsp3) is 0.364. The summed E-state index contributed by atoms with van der Waals surface area (Å²) in [5.41, 5.74) is 4.86. The number of nitrogens with zero attached hydrogens (tertiary/aromatic N) is 4. The second-order valence-electron chi connectivity index (χ2n) is 6.62. The smallest absolute Gasteiger partial charge is 0.123 e. The van der Waals surface area contributed by atoms with Crippen molar-refractivity contribution in [2.24, 2.45) is 0 Å². The summed E-state index contributed by atoms with van der Waals surface area (Å²) in [6.45, 7) is 11.5. The maximum atomic E-state index is 4.84. The molecule has 0 radical (unpaired) electrons. The number of likely N-dealkylation sites (N-methyl/N-ethyl adjacent to an activating group) is 2. The predicted molar refractivity (Wildman–Crippen MR) is 115 cm³/mol. The third-order valence-corrected chi connectivity index (χ3v) is 5.77. The molecule has 0 saturated heterocycles. The Morgan fingerprint density at radius 1 is 1.00 bits per heavy atom. The first-order valence-electron chi connectivity index (χ1n) is 9.59. The van der Waals surface area contributed by atoms with Gasteiger partial charge in [-0.3, -0.25) is 9.88 Å². The van der Waals surface area contributed by atoms with Gasteiger partial charge in [0.25, 0.3) is 0 Å². The first kappa shape index (κ1) is 19.5. The second kappa shape index (κ2) is 9.62. The molecule has 0 N–H and O–H groups in total. The molecule has 5 heteroatoms.